The summed E-state index contributed by atoms with van der Waals surface area (Å²) in [7, 11) is 2.08. The lowest BCUT2D eigenvalue weighted by Crippen LogP contribution is -2.47. The van der Waals surface area contributed by atoms with Crippen molar-refractivity contribution in [2.24, 2.45) is 0 Å². The van der Waals surface area contributed by atoms with E-state index in [9.17, 15) is 9.90 Å². The van der Waals surface area contributed by atoms with Gasteiger partial charge in [0.05, 0.1) is 6.54 Å². The summed E-state index contributed by atoms with van der Waals surface area (Å²) in [4.78, 5) is 21.0. The molecule has 3 heterocycles. The fourth-order valence-electron chi connectivity index (χ4n) is 4.27. The molecular formula is C29H29N5O3. The number of carbonyl (C=O) groups excluding carboxylic acids is 1. The molecule has 1 atom stereocenters. The van der Waals surface area contributed by atoms with Crippen molar-refractivity contribution in [1.29, 1.82) is 0 Å². The number of rotatable bonds is 5. The van der Waals surface area contributed by atoms with Crippen LogP contribution in [0.3, 0.4) is 0 Å². The molecule has 1 N–H and O–H groups in total. The molecule has 5 rings (SSSR count). The Labute approximate surface area is 216 Å². The molecule has 1 unspecified atom stereocenters. The van der Waals surface area contributed by atoms with Gasteiger partial charge in [-0.25, -0.2) is 4.98 Å². The van der Waals surface area contributed by atoms with Gasteiger partial charge in [0.1, 0.15) is 17.6 Å². The van der Waals surface area contributed by atoms with Gasteiger partial charge in [-0.2, -0.15) is 0 Å². The summed E-state index contributed by atoms with van der Waals surface area (Å²) in [6, 6.07) is 17.2. The van der Waals surface area contributed by atoms with Crippen LogP contribution in [0.25, 0.3) is 11.3 Å². The van der Waals surface area contributed by atoms with Crippen LogP contribution in [-0.4, -0.2) is 68.7 Å². The average Bonchev–Trinajstić information content (AvgIpc) is 3.58. The van der Waals surface area contributed by atoms with E-state index in [1.165, 1.54) is 0 Å². The molecule has 1 saturated heterocycles. The van der Waals surface area contributed by atoms with Crippen molar-refractivity contribution in [3.8, 4) is 23.2 Å². The predicted molar refractivity (Wildman–Crippen MR) is 140 cm³/mol. The minimum absolute atomic E-state index is 0.0761. The number of amides is 1. The summed E-state index contributed by atoms with van der Waals surface area (Å²) >= 11 is 0. The second-order valence-corrected chi connectivity index (χ2v) is 9.27. The summed E-state index contributed by atoms with van der Waals surface area (Å²) in [5.74, 6) is 7.67. The summed E-state index contributed by atoms with van der Waals surface area (Å²) in [5.41, 5.74) is 4.07. The summed E-state index contributed by atoms with van der Waals surface area (Å²) in [6.45, 7) is 5.48. The first kappa shape index (κ1) is 24.5. The molecule has 1 aliphatic heterocycles. The van der Waals surface area contributed by atoms with Gasteiger partial charge in [-0.05, 0) is 62.5 Å². The molecule has 188 valence electrons. The summed E-state index contributed by atoms with van der Waals surface area (Å²) in [6.07, 6.45) is 2.81. The number of hydrogen-bond acceptors (Lipinski definition) is 6. The Bertz CT molecular complexity index is 1420. The normalized spacial score (nSPS) is 14.7. The van der Waals surface area contributed by atoms with E-state index in [4.69, 9.17) is 4.52 Å². The molecule has 0 spiro atoms. The fourth-order valence-corrected chi connectivity index (χ4v) is 4.27. The standard InChI is InChI=1S/C29H29N5O3/c1-21(35)28-30-13-14-34(28)20-26-19-27(37-31-26)24-9-5-22(6-10-24)3-4-23-7-11-25(12-8-23)29(36)33-17-15-32(2)16-18-33/h5-14,19,21,35H,15-18,20H2,1-2H3. The Morgan fingerprint density at radius 2 is 1.68 bits per heavy atom. The van der Waals surface area contributed by atoms with Gasteiger partial charge in [-0.3, -0.25) is 4.79 Å². The molecule has 0 radical (unpaired) electrons. The zero-order chi connectivity index (χ0) is 25.8. The Hall–Kier alpha value is -4.19. The lowest BCUT2D eigenvalue weighted by molar-refractivity contribution is 0.0664. The van der Waals surface area contributed by atoms with Gasteiger partial charge in [-0.1, -0.05) is 17.0 Å². The first-order chi connectivity index (χ1) is 18.0. The third-order valence-electron chi connectivity index (χ3n) is 6.46. The Morgan fingerprint density at radius 3 is 2.32 bits per heavy atom. The van der Waals surface area contributed by atoms with E-state index in [0.29, 0.717) is 23.7 Å². The van der Waals surface area contributed by atoms with Crippen LogP contribution in [0.5, 0.6) is 0 Å². The highest BCUT2D eigenvalue weighted by Gasteiger charge is 2.20. The van der Waals surface area contributed by atoms with Crippen LogP contribution in [0.2, 0.25) is 0 Å². The quantitative estimate of drug-likeness (QED) is 0.427. The van der Waals surface area contributed by atoms with Crippen molar-refractivity contribution < 1.29 is 14.4 Å². The van der Waals surface area contributed by atoms with E-state index in [2.05, 4.69) is 33.9 Å². The predicted octanol–water partition coefficient (Wildman–Crippen LogP) is 3.43. The van der Waals surface area contributed by atoms with Gasteiger partial charge in [0, 0.05) is 66.9 Å². The number of hydrogen-bond donors (Lipinski definition) is 1. The molecule has 8 heteroatoms. The third kappa shape index (κ3) is 5.80. The molecule has 1 aliphatic rings. The molecule has 2 aromatic heterocycles. The molecular weight excluding hydrogens is 466 g/mol. The zero-order valence-corrected chi connectivity index (χ0v) is 21.0. The van der Waals surface area contributed by atoms with E-state index in [1.807, 2.05) is 70.3 Å². The van der Waals surface area contributed by atoms with E-state index >= 15 is 0 Å². The number of aliphatic hydroxyl groups is 1. The number of carbonyl (C=O) groups is 1. The van der Waals surface area contributed by atoms with Crippen LogP contribution >= 0.6 is 0 Å². The third-order valence-corrected chi connectivity index (χ3v) is 6.46. The lowest BCUT2D eigenvalue weighted by atomic mass is 10.1. The Kier molecular flexibility index (Phi) is 7.17. The first-order valence-electron chi connectivity index (χ1n) is 12.3. The van der Waals surface area contributed by atoms with Crippen molar-refractivity contribution in [1.82, 2.24) is 24.5 Å². The van der Waals surface area contributed by atoms with Crippen molar-refractivity contribution in [3.05, 3.63) is 95.2 Å². The monoisotopic (exact) mass is 495 g/mol. The van der Waals surface area contributed by atoms with Crippen molar-refractivity contribution in [2.75, 3.05) is 33.2 Å². The molecule has 0 aliphatic carbocycles. The van der Waals surface area contributed by atoms with Crippen LogP contribution in [0.4, 0.5) is 0 Å². The molecule has 4 aromatic rings. The SMILES string of the molecule is CC(O)c1nccn1Cc1cc(-c2ccc(C#Cc3ccc(C(=O)N4CCN(C)CC4)cc3)cc2)on1. The van der Waals surface area contributed by atoms with Crippen LogP contribution < -0.4 is 0 Å². The number of piperazine rings is 1. The van der Waals surface area contributed by atoms with Gasteiger partial charge in [-0.15, -0.1) is 0 Å². The molecule has 0 saturated carbocycles. The van der Waals surface area contributed by atoms with Gasteiger partial charge in [0.2, 0.25) is 0 Å². The van der Waals surface area contributed by atoms with Crippen LogP contribution in [0.1, 0.15) is 46.0 Å². The number of nitrogens with zero attached hydrogens (tertiary/aromatic N) is 5. The highest BCUT2D eigenvalue weighted by Crippen LogP contribution is 2.22. The average molecular weight is 496 g/mol. The Balaban J connectivity index is 1.21. The molecule has 8 nitrogen and oxygen atoms in total. The van der Waals surface area contributed by atoms with Crippen molar-refractivity contribution >= 4 is 5.91 Å². The molecule has 1 amide bonds. The van der Waals surface area contributed by atoms with Crippen molar-refractivity contribution in [3.63, 3.8) is 0 Å². The highest BCUT2D eigenvalue weighted by molar-refractivity contribution is 5.94. The summed E-state index contributed by atoms with van der Waals surface area (Å²) < 4.78 is 7.38. The van der Waals surface area contributed by atoms with Gasteiger partial charge >= 0.3 is 0 Å². The molecule has 2 aromatic carbocycles. The zero-order valence-electron chi connectivity index (χ0n) is 21.0. The van der Waals surface area contributed by atoms with E-state index in [-0.39, 0.29) is 5.91 Å². The smallest absolute Gasteiger partial charge is 0.253 e. The minimum atomic E-state index is -0.655. The minimum Gasteiger partial charge on any atom is -0.385 e. The van der Waals surface area contributed by atoms with Crippen LogP contribution in [-0.2, 0) is 6.54 Å². The largest absolute Gasteiger partial charge is 0.385 e. The highest BCUT2D eigenvalue weighted by atomic mass is 16.5. The lowest BCUT2D eigenvalue weighted by Gasteiger charge is -2.32. The topological polar surface area (TPSA) is 87.6 Å². The van der Waals surface area contributed by atoms with Crippen LogP contribution in [0, 0.1) is 11.8 Å². The molecule has 37 heavy (non-hydrogen) atoms. The number of likely N-dealkylation sites (N-methyl/N-ethyl adjacent to an activating group) is 1. The van der Waals surface area contributed by atoms with Gasteiger partial charge in [0.25, 0.3) is 5.91 Å². The second kappa shape index (κ2) is 10.8. The van der Waals surface area contributed by atoms with Gasteiger partial charge < -0.3 is 24.0 Å². The molecule has 0 bridgehead atoms. The van der Waals surface area contributed by atoms with Gasteiger partial charge in [0.15, 0.2) is 5.76 Å². The maximum absolute atomic E-state index is 12.7. The second-order valence-electron chi connectivity index (χ2n) is 9.27. The Morgan fingerprint density at radius 1 is 1.03 bits per heavy atom. The maximum Gasteiger partial charge on any atom is 0.253 e. The van der Waals surface area contributed by atoms with E-state index in [0.717, 1.165) is 48.6 Å². The number of imidazole rings is 1. The molecule has 1 fully saturated rings. The number of aromatic nitrogens is 3. The van der Waals surface area contributed by atoms with Crippen LogP contribution in [0.15, 0.2) is 71.5 Å². The van der Waals surface area contributed by atoms with E-state index < -0.39 is 6.10 Å². The fraction of sp³-hybridized carbons (Fsp3) is 0.276. The maximum atomic E-state index is 12.7. The first-order valence-corrected chi connectivity index (χ1v) is 12.3. The number of benzene rings is 2. The van der Waals surface area contributed by atoms with Crippen molar-refractivity contribution in [2.45, 2.75) is 19.6 Å². The number of aliphatic hydroxyl groups excluding tert-OH is 1. The summed E-state index contributed by atoms with van der Waals surface area (Å²) in [5, 5.41) is 14.0. The van der Waals surface area contributed by atoms with E-state index in [1.54, 1.807) is 13.1 Å².